The van der Waals surface area contributed by atoms with Crippen molar-refractivity contribution in [1.29, 1.82) is 0 Å². The molecule has 0 aliphatic carbocycles. The molecule has 0 bridgehead atoms. The molecule has 0 aromatic heterocycles. The van der Waals surface area contributed by atoms with Crippen molar-refractivity contribution in [1.82, 2.24) is 0 Å². The minimum Gasteiger partial charge on any atom is -0.399 e. The number of benzene rings is 2. The summed E-state index contributed by atoms with van der Waals surface area (Å²) in [7, 11) is -0.335. The standard InChI is InChI=1S/C27H40BNO2/c1-7-8-9-10-11-14-20-29(25-19-13-12-16-22(25)2)24-18-15-17-23(21-24)28-30-26(3,4)27(5,6)31-28/h12-13,15-19,21H,7-11,14,20H2,1-6H3. The van der Waals surface area contributed by atoms with Crippen molar-refractivity contribution in [3.8, 4) is 0 Å². The second-order valence-electron chi connectivity index (χ2n) is 9.89. The summed E-state index contributed by atoms with van der Waals surface area (Å²) in [5.74, 6) is 0. The molecule has 0 N–H and O–H groups in total. The summed E-state index contributed by atoms with van der Waals surface area (Å²) in [5.41, 5.74) is 4.20. The molecule has 0 atom stereocenters. The molecule has 3 rings (SSSR count). The minimum atomic E-state index is -0.335. The lowest BCUT2D eigenvalue weighted by Crippen LogP contribution is -2.41. The maximum Gasteiger partial charge on any atom is 0.494 e. The van der Waals surface area contributed by atoms with Crippen LogP contribution in [0.3, 0.4) is 0 Å². The Balaban J connectivity index is 1.81. The zero-order valence-corrected chi connectivity index (χ0v) is 20.4. The van der Waals surface area contributed by atoms with E-state index in [1.54, 1.807) is 0 Å². The molecule has 1 fully saturated rings. The number of hydrogen-bond acceptors (Lipinski definition) is 3. The Morgan fingerprint density at radius 3 is 2.13 bits per heavy atom. The van der Waals surface area contributed by atoms with Gasteiger partial charge in [0.25, 0.3) is 0 Å². The number of nitrogens with zero attached hydrogens (tertiary/aromatic N) is 1. The summed E-state index contributed by atoms with van der Waals surface area (Å²) < 4.78 is 12.6. The molecule has 2 aromatic carbocycles. The number of hydrogen-bond donors (Lipinski definition) is 0. The number of unbranched alkanes of at least 4 members (excludes halogenated alkanes) is 5. The maximum atomic E-state index is 6.31. The monoisotopic (exact) mass is 421 g/mol. The van der Waals surface area contributed by atoms with Crippen molar-refractivity contribution in [2.24, 2.45) is 0 Å². The predicted molar refractivity (Wildman–Crippen MR) is 134 cm³/mol. The van der Waals surface area contributed by atoms with Gasteiger partial charge in [-0.15, -0.1) is 0 Å². The molecule has 31 heavy (non-hydrogen) atoms. The van der Waals surface area contributed by atoms with Crippen LogP contribution in [0.15, 0.2) is 48.5 Å². The molecule has 1 aliphatic heterocycles. The molecule has 168 valence electrons. The lowest BCUT2D eigenvalue weighted by Gasteiger charge is -2.32. The molecule has 2 aromatic rings. The zero-order valence-electron chi connectivity index (χ0n) is 20.4. The van der Waals surface area contributed by atoms with Crippen molar-refractivity contribution in [3.05, 3.63) is 54.1 Å². The third-order valence-electron chi connectivity index (χ3n) is 6.85. The van der Waals surface area contributed by atoms with E-state index < -0.39 is 0 Å². The lowest BCUT2D eigenvalue weighted by atomic mass is 9.79. The average molecular weight is 421 g/mol. The van der Waals surface area contributed by atoms with Crippen LogP contribution in [0, 0.1) is 6.92 Å². The highest BCUT2D eigenvalue weighted by Crippen LogP contribution is 2.37. The summed E-state index contributed by atoms with van der Waals surface area (Å²) in [6.45, 7) is 13.9. The number of rotatable bonds is 10. The van der Waals surface area contributed by atoms with Gasteiger partial charge < -0.3 is 14.2 Å². The van der Waals surface area contributed by atoms with E-state index in [1.807, 2.05) is 0 Å². The van der Waals surface area contributed by atoms with Gasteiger partial charge in [-0.1, -0.05) is 69.4 Å². The number of para-hydroxylation sites is 1. The predicted octanol–water partition coefficient (Wildman–Crippen LogP) is 6.79. The highest BCUT2D eigenvalue weighted by Gasteiger charge is 2.51. The Morgan fingerprint density at radius 1 is 0.806 bits per heavy atom. The highest BCUT2D eigenvalue weighted by atomic mass is 16.7. The van der Waals surface area contributed by atoms with Gasteiger partial charge in [0.15, 0.2) is 0 Å². The van der Waals surface area contributed by atoms with Crippen molar-refractivity contribution in [3.63, 3.8) is 0 Å². The van der Waals surface area contributed by atoms with Crippen molar-refractivity contribution < 1.29 is 9.31 Å². The van der Waals surface area contributed by atoms with Crippen molar-refractivity contribution in [2.45, 2.75) is 91.3 Å². The fourth-order valence-corrected chi connectivity index (χ4v) is 4.12. The Bertz CT molecular complexity index is 833. The van der Waals surface area contributed by atoms with E-state index in [-0.39, 0.29) is 18.3 Å². The third-order valence-corrected chi connectivity index (χ3v) is 6.85. The van der Waals surface area contributed by atoms with Gasteiger partial charge in [0.1, 0.15) is 0 Å². The normalized spacial score (nSPS) is 17.2. The van der Waals surface area contributed by atoms with Crippen LogP contribution in [0.2, 0.25) is 0 Å². The van der Waals surface area contributed by atoms with Gasteiger partial charge in [-0.05, 0) is 70.3 Å². The topological polar surface area (TPSA) is 21.7 Å². The molecule has 1 saturated heterocycles. The Labute approximate surface area is 190 Å². The molecule has 3 nitrogen and oxygen atoms in total. The first-order chi connectivity index (χ1) is 14.7. The Kier molecular flexibility index (Phi) is 7.88. The SMILES string of the molecule is CCCCCCCCN(c1cccc(B2OC(C)(C)C(C)(C)O2)c1)c1ccccc1C. The van der Waals surface area contributed by atoms with Crippen LogP contribution in [-0.4, -0.2) is 24.9 Å². The van der Waals surface area contributed by atoms with Crippen molar-refractivity contribution in [2.75, 3.05) is 11.4 Å². The van der Waals surface area contributed by atoms with Crippen LogP contribution in [0.5, 0.6) is 0 Å². The first-order valence-corrected chi connectivity index (χ1v) is 12.0. The molecular weight excluding hydrogens is 381 g/mol. The molecule has 1 aliphatic rings. The van der Waals surface area contributed by atoms with E-state index in [0.29, 0.717) is 0 Å². The fourth-order valence-electron chi connectivity index (χ4n) is 4.12. The van der Waals surface area contributed by atoms with Gasteiger partial charge in [0, 0.05) is 17.9 Å². The molecule has 1 heterocycles. The first kappa shape index (κ1) is 23.9. The summed E-state index contributed by atoms with van der Waals surface area (Å²) in [5, 5.41) is 0. The fraction of sp³-hybridized carbons (Fsp3) is 0.556. The van der Waals surface area contributed by atoms with Gasteiger partial charge >= 0.3 is 7.12 Å². The van der Waals surface area contributed by atoms with Gasteiger partial charge in [-0.2, -0.15) is 0 Å². The van der Waals surface area contributed by atoms with E-state index in [1.165, 1.54) is 55.5 Å². The average Bonchev–Trinajstić information content (AvgIpc) is 2.96. The third kappa shape index (κ3) is 5.73. The van der Waals surface area contributed by atoms with E-state index >= 15 is 0 Å². The second kappa shape index (κ2) is 10.2. The molecule has 0 saturated carbocycles. The van der Waals surface area contributed by atoms with Crippen LogP contribution in [0.4, 0.5) is 11.4 Å². The second-order valence-corrected chi connectivity index (χ2v) is 9.89. The van der Waals surface area contributed by atoms with Gasteiger partial charge in [0.05, 0.1) is 11.2 Å². The zero-order chi connectivity index (χ0) is 22.5. The largest absolute Gasteiger partial charge is 0.494 e. The van der Waals surface area contributed by atoms with E-state index in [2.05, 4.69) is 95.0 Å². The number of anilines is 2. The molecule has 0 unspecified atom stereocenters. The van der Waals surface area contributed by atoms with Gasteiger partial charge in [0.2, 0.25) is 0 Å². The summed E-state index contributed by atoms with van der Waals surface area (Å²) >= 11 is 0. The van der Waals surface area contributed by atoms with Crippen LogP contribution < -0.4 is 10.4 Å². The Morgan fingerprint density at radius 2 is 1.45 bits per heavy atom. The molecule has 0 spiro atoms. The Hall–Kier alpha value is -1.78. The van der Waals surface area contributed by atoms with Gasteiger partial charge in [-0.3, -0.25) is 0 Å². The maximum absolute atomic E-state index is 6.31. The van der Waals surface area contributed by atoms with Crippen LogP contribution in [-0.2, 0) is 9.31 Å². The van der Waals surface area contributed by atoms with Crippen LogP contribution in [0.1, 0.15) is 78.7 Å². The molecular formula is C27H40BNO2. The summed E-state index contributed by atoms with van der Waals surface area (Å²) in [6.07, 6.45) is 7.78. The van der Waals surface area contributed by atoms with E-state index in [0.717, 1.165) is 12.0 Å². The van der Waals surface area contributed by atoms with Crippen LogP contribution in [0.25, 0.3) is 0 Å². The summed E-state index contributed by atoms with van der Waals surface area (Å²) in [6, 6.07) is 17.4. The molecule has 0 radical (unpaired) electrons. The quantitative estimate of drug-likeness (QED) is 0.311. The first-order valence-electron chi connectivity index (χ1n) is 12.0. The minimum absolute atomic E-state index is 0.331. The van der Waals surface area contributed by atoms with E-state index in [4.69, 9.17) is 9.31 Å². The van der Waals surface area contributed by atoms with Gasteiger partial charge in [-0.25, -0.2) is 0 Å². The number of aryl methyl sites for hydroxylation is 1. The summed E-state index contributed by atoms with van der Waals surface area (Å²) in [4.78, 5) is 2.46. The van der Waals surface area contributed by atoms with E-state index in [9.17, 15) is 0 Å². The lowest BCUT2D eigenvalue weighted by molar-refractivity contribution is 0.00578. The molecule has 4 heteroatoms. The molecule has 0 amide bonds. The van der Waals surface area contributed by atoms with Crippen molar-refractivity contribution >= 4 is 24.0 Å². The van der Waals surface area contributed by atoms with Crippen LogP contribution >= 0.6 is 0 Å². The smallest absolute Gasteiger partial charge is 0.399 e. The highest BCUT2D eigenvalue weighted by molar-refractivity contribution is 6.62.